The predicted octanol–water partition coefficient (Wildman–Crippen LogP) is -23.4. The van der Waals surface area contributed by atoms with E-state index < -0.39 is 427 Å². The molecule has 0 aliphatic carbocycles. The highest BCUT2D eigenvalue weighted by atomic mass is 16.8. The maximum atomic E-state index is 13.3. The highest BCUT2D eigenvalue weighted by molar-refractivity contribution is 5.74. The number of hydrogen-bond acceptors (Lipinski definition) is 55. The van der Waals surface area contributed by atoms with Crippen LogP contribution in [0.1, 0.15) is 34.6 Å². The van der Waals surface area contributed by atoms with Crippen molar-refractivity contribution in [2.24, 2.45) is 0 Å². The summed E-state index contributed by atoms with van der Waals surface area (Å²) < 4.78 is 125. The van der Waals surface area contributed by atoms with Crippen molar-refractivity contribution >= 4 is 23.6 Å². The Morgan fingerprint density at radius 2 is 0.459 bits per heavy atom. The molecule has 0 radical (unpaired) electrons. The van der Waals surface area contributed by atoms with E-state index in [0.717, 1.165) is 27.7 Å². The number of carbonyl (C=O) groups is 4. The average Bonchev–Trinajstić information content (AvgIpc) is 0.764. The van der Waals surface area contributed by atoms with Crippen molar-refractivity contribution in [2.75, 3.05) is 66.1 Å². The normalized spacial score (nSPS) is 50.1. The van der Waals surface area contributed by atoms with E-state index in [9.17, 15) is 172 Å². The van der Waals surface area contributed by atoms with Crippen molar-refractivity contribution in [1.82, 2.24) is 21.3 Å². The molecule has 11 fully saturated rings. The first-order chi connectivity index (χ1) is 62.9. The van der Waals surface area contributed by atoms with Gasteiger partial charge in [0.1, 0.15) is 262 Å². The minimum absolute atomic E-state index is 0.859. The Hall–Kier alpha value is -4.16. The Bertz CT molecular complexity index is 3630. The number of rotatable bonds is 34. The van der Waals surface area contributed by atoms with E-state index in [2.05, 4.69) is 21.3 Å². The van der Waals surface area contributed by atoms with Crippen LogP contribution in [0.2, 0.25) is 0 Å². The highest BCUT2D eigenvalue weighted by Crippen LogP contribution is 2.42. The number of nitrogens with one attached hydrogen (secondary N) is 4. The third kappa shape index (κ3) is 24.1. The standard InChI is InChI=1S/C74H124N4O55/c1-16-35(91)46(102)51(107)68(115-16)113-15-30-59(42(98)31(64(112)116-30)75-17(2)87)126-65-32(76-18(3)88)43(99)58(27(12-85)122-65)129-72-55(111)61(131-74-63(50(106)39(95)24(9-82)121-74)133-67-34(78-20(5)90)44(100)56(26(11-84)124-67)127-69-52(108)47(103)36(92)21(6-79)117-69)41(97)29(125-72)14-114-73-62(49(105)38(94)23(8-81)120-73)132-66-33(77-19(4)89)45(101)57(28(13-86)123-66)128-71-54(110)60(40(96)25(10-83)119-71)130-70-53(109)48(104)37(93)22(7-80)118-70/h16,21-74,79-86,91-112H,6-15H2,1-5H3,(H,75,87)(H,76,88)(H,77,89)(H,78,90)/t16-,21-,22-,23-,24-,25-,26-,27-,28-,29-,30-,31-,32-,33-,34-,35+,36+,37+,38-,39-,40+,41-,42-,43-,44-,45-,46+,47+,48+,49+,50+,51-,52-,53-,54-,55+,56-,57-,58-,59-,60+,61+,62+,63+,64?,65+,66+,67+,68+,69+,70-,71+,72+,73+,74-/m1/s1. The summed E-state index contributed by atoms with van der Waals surface area (Å²) in [7, 11) is 0. The van der Waals surface area contributed by atoms with Crippen LogP contribution in [-0.2, 0) is 119 Å². The zero-order chi connectivity index (χ0) is 97.8. The summed E-state index contributed by atoms with van der Waals surface area (Å²) >= 11 is 0. The second-order valence-electron chi connectivity index (χ2n) is 33.8. The van der Waals surface area contributed by atoms with E-state index in [4.69, 9.17) is 99.5 Å². The fraction of sp³-hybridized carbons (Fsp3) is 0.946. The molecule has 11 heterocycles. The zero-order valence-electron chi connectivity index (χ0n) is 71.4. The van der Waals surface area contributed by atoms with Crippen molar-refractivity contribution in [3.8, 4) is 0 Å². The van der Waals surface area contributed by atoms with Gasteiger partial charge in [-0.05, 0) is 6.92 Å². The maximum absolute atomic E-state index is 13.3. The third-order valence-electron chi connectivity index (χ3n) is 24.5. The van der Waals surface area contributed by atoms with Gasteiger partial charge in [-0.1, -0.05) is 0 Å². The summed E-state index contributed by atoms with van der Waals surface area (Å²) in [6, 6.07) is -7.87. The van der Waals surface area contributed by atoms with Crippen LogP contribution in [0, 0.1) is 0 Å². The van der Waals surface area contributed by atoms with Crippen LogP contribution >= 0.6 is 0 Å². The van der Waals surface area contributed by atoms with Crippen LogP contribution in [0.5, 0.6) is 0 Å². The van der Waals surface area contributed by atoms with E-state index in [1.165, 1.54) is 6.92 Å². The molecule has 11 saturated heterocycles. The van der Waals surface area contributed by atoms with E-state index in [1.807, 2.05) is 0 Å². The lowest BCUT2D eigenvalue weighted by Gasteiger charge is -2.51. The predicted molar refractivity (Wildman–Crippen MR) is 407 cm³/mol. The van der Waals surface area contributed by atoms with Gasteiger partial charge in [-0.3, -0.25) is 19.2 Å². The molecule has 0 saturated carbocycles. The van der Waals surface area contributed by atoms with Crippen molar-refractivity contribution in [2.45, 2.75) is 372 Å². The van der Waals surface area contributed by atoms with Crippen molar-refractivity contribution < 1.29 is 272 Å². The molecule has 59 heteroatoms. The molecule has 34 N–H and O–H groups in total. The second-order valence-corrected chi connectivity index (χ2v) is 33.8. The van der Waals surface area contributed by atoms with E-state index in [1.54, 1.807) is 0 Å². The molecule has 770 valence electrons. The summed E-state index contributed by atoms with van der Waals surface area (Å²) in [6.45, 7) is -6.29. The summed E-state index contributed by atoms with van der Waals surface area (Å²) in [6.07, 6.45) is -107. The fourth-order valence-corrected chi connectivity index (χ4v) is 17.3. The average molecular weight is 1950 g/mol. The van der Waals surface area contributed by atoms with Crippen molar-refractivity contribution in [1.29, 1.82) is 0 Å². The second kappa shape index (κ2) is 47.6. The van der Waals surface area contributed by atoms with Gasteiger partial charge in [-0.2, -0.15) is 0 Å². The van der Waals surface area contributed by atoms with Crippen molar-refractivity contribution in [3.05, 3.63) is 0 Å². The molecule has 0 bridgehead atoms. The number of aliphatic hydroxyl groups excluding tert-OH is 30. The van der Waals surface area contributed by atoms with Crippen LogP contribution in [0.3, 0.4) is 0 Å². The number of amides is 4. The van der Waals surface area contributed by atoms with Crippen LogP contribution in [0.15, 0.2) is 0 Å². The third-order valence-corrected chi connectivity index (χ3v) is 24.5. The van der Waals surface area contributed by atoms with Gasteiger partial charge in [-0.15, -0.1) is 0 Å². The quantitative estimate of drug-likeness (QED) is 0.0284. The lowest BCUT2D eigenvalue weighted by atomic mass is 9.93. The summed E-state index contributed by atoms with van der Waals surface area (Å²) in [4.78, 5) is 52.0. The monoisotopic (exact) mass is 1950 g/mol. The highest BCUT2D eigenvalue weighted by Gasteiger charge is 2.63. The molecule has 0 aromatic rings. The van der Waals surface area contributed by atoms with Gasteiger partial charge >= 0.3 is 0 Å². The van der Waals surface area contributed by atoms with Gasteiger partial charge in [0.05, 0.1) is 72.2 Å². The van der Waals surface area contributed by atoms with Gasteiger partial charge in [0.2, 0.25) is 23.6 Å². The van der Waals surface area contributed by atoms with Gasteiger partial charge in [0, 0.05) is 27.7 Å². The summed E-state index contributed by atoms with van der Waals surface area (Å²) in [5.41, 5.74) is 0. The smallest absolute Gasteiger partial charge is 0.217 e. The van der Waals surface area contributed by atoms with Crippen LogP contribution in [0.25, 0.3) is 0 Å². The Morgan fingerprint density at radius 3 is 0.842 bits per heavy atom. The molecule has 0 spiro atoms. The number of ether oxygens (including phenoxy) is 21. The van der Waals surface area contributed by atoms with Crippen molar-refractivity contribution in [3.63, 3.8) is 0 Å². The minimum atomic E-state index is -2.66. The number of carbonyl (C=O) groups excluding carboxylic acids is 4. The molecule has 11 aliphatic rings. The van der Waals surface area contributed by atoms with Gasteiger partial charge in [0.15, 0.2) is 69.2 Å². The topological polar surface area (TPSA) is 917 Å². The Balaban J connectivity index is 0.911. The number of aliphatic hydroxyl groups is 30. The minimum Gasteiger partial charge on any atom is -0.394 e. The summed E-state index contributed by atoms with van der Waals surface area (Å²) in [5, 5.41) is 345. The lowest BCUT2D eigenvalue weighted by molar-refractivity contribution is -0.399. The summed E-state index contributed by atoms with van der Waals surface area (Å²) in [5.74, 6) is -3.87. The molecular weight excluding hydrogens is 1820 g/mol. The Labute approximate surface area is 752 Å². The van der Waals surface area contributed by atoms with Crippen LogP contribution in [-0.4, -0.2) is 580 Å². The molecule has 133 heavy (non-hydrogen) atoms. The van der Waals surface area contributed by atoms with Gasteiger partial charge in [-0.25, -0.2) is 0 Å². The number of hydrogen-bond donors (Lipinski definition) is 34. The molecule has 0 aromatic carbocycles. The Morgan fingerprint density at radius 1 is 0.211 bits per heavy atom. The molecule has 59 nitrogen and oxygen atoms in total. The van der Waals surface area contributed by atoms with Gasteiger partial charge in [0.25, 0.3) is 0 Å². The molecule has 1 unspecified atom stereocenters. The molecule has 0 aromatic heterocycles. The van der Waals surface area contributed by atoms with E-state index >= 15 is 0 Å². The fourth-order valence-electron chi connectivity index (χ4n) is 17.3. The zero-order valence-corrected chi connectivity index (χ0v) is 71.4. The van der Waals surface area contributed by atoms with Gasteiger partial charge < -0.3 is 274 Å². The first kappa shape index (κ1) is 109. The van der Waals surface area contributed by atoms with Crippen LogP contribution in [0.4, 0.5) is 0 Å². The SMILES string of the molecule is CC(=O)N[C@H]1[C@H](O[C@H]2[C@H](O)[C@@H](NC(C)=O)C(O)O[C@@H]2CO[C@H]2O[C@H](C)[C@H](O)[C@H](O)[C@H]2O)O[C@H](CO)[C@@H](O[C@@H]2O[C@H](CO[C@H]3O[C@H](CO)[C@@H](O)[C@H](O)[C@@H]3O[C@@H]3O[C@H](CO)[C@@H](O[C@@H]4O[C@H](CO)[C@H](O)[C@H](O[C@H]5O[C@H](CO)[C@H](O)[C@H](O)[C@H]5O)[C@H]4O)[C@H](O)[C@H]3NC(C)=O)[C@@H](O)[C@H](O[C@H]3O[C@H](CO)[C@@H](O)[C@H](O)[C@@H]3O[C@@H]3O[C@H](CO)[C@@H](O[C@@H]4O[C@H](CO)[C@H](O)[C@H](O)[C@H]4O)[C@H](O)[C@H]3NC(C)=O)[C@@H]2O)[C@@H]1O. The first-order valence-electron chi connectivity index (χ1n) is 42.5. The first-order valence-corrected chi connectivity index (χ1v) is 42.5. The Kier molecular flexibility index (Phi) is 39.1. The maximum Gasteiger partial charge on any atom is 0.217 e. The largest absolute Gasteiger partial charge is 0.394 e. The molecule has 11 aliphatic heterocycles. The molecule has 11 rings (SSSR count). The molecule has 4 amide bonds. The van der Waals surface area contributed by atoms with E-state index in [0.29, 0.717) is 0 Å². The molecule has 55 atom stereocenters. The van der Waals surface area contributed by atoms with Crippen LogP contribution < -0.4 is 21.3 Å². The lowest BCUT2D eigenvalue weighted by Crippen LogP contribution is -2.71. The van der Waals surface area contributed by atoms with E-state index in [-0.39, 0.29) is 0 Å². The molecular formula is C74H124N4O55.